The van der Waals surface area contributed by atoms with Crippen molar-refractivity contribution in [3.05, 3.63) is 95.1 Å². The average molecular weight is 528 g/mol. The molecule has 1 heterocycles. The zero-order valence-electron chi connectivity index (χ0n) is 20.3. The molecule has 0 amide bonds. The van der Waals surface area contributed by atoms with Crippen molar-refractivity contribution in [2.75, 3.05) is 39.8 Å². The third kappa shape index (κ3) is 6.70. The van der Waals surface area contributed by atoms with Gasteiger partial charge in [0.05, 0.1) is 36.3 Å². The van der Waals surface area contributed by atoms with Gasteiger partial charge in [-0.2, -0.15) is 9.57 Å². The van der Waals surface area contributed by atoms with Crippen molar-refractivity contribution >= 4 is 10.0 Å². The molecule has 194 valence electrons. The van der Waals surface area contributed by atoms with Crippen molar-refractivity contribution < 1.29 is 26.7 Å². The van der Waals surface area contributed by atoms with Crippen LogP contribution in [0.3, 0.4) is 0 Å². The maximum atomic E-state index is 13.6. The highest BCUT2D eigenvalue weighted by Gasteiger charge is 2.30. The van der Waals surface area contributed by atoms with Gasteiger partial charge in [0.1, 0.15) is 17.4 Å². The minimum absolute atomic E-state index is 0.181. The number of rotatable bonds is 9. The summed E-state index contributed by atoms with van der Waals surface area (Å²) < 4.78 is 66.0. The van der Waals surface area contributed by atoms with Crippen LogP contribution >= 0.6 is 0 Å². The van der Waals surface area contributed by atoms with Gasteiger partial charge in [0.25, 0.3) is 0 Å². The predicted molar refractivity (Wildman–Crippen MR) is 133 cm³/mol. The molecule has 3 aromatic carbocycles. The maximum absolute atomic E-state index is 13.6. The normalized spacial score (nSPS) is 15.7. The molecule has 0 unspecified atom stereocenters. The van der Waals surface area contributed by atoms with Crippen molar-refractivity contribution in [1.82, 2.24) is 9.21 Å². The van der Waals surface area contributed by atoms with Gasteiger partial charge in [-0.25, -0.2) is 17.2 Å². The van der Waals surface area contributed by atoms with E-state index in [0.29, 0.717) is 43.6 Å². The fourth-order valence-electron chi connectivity index (χ4n) is 4.18. The van der Waals surface area contributed by atoms with Crippen LogP contribution in [0.5, 0.6) is 5.75 Å². The summed E-state index contributed by atoms with van der Waals surface area (Å²) in [6.45, 7) is 2.05. The lowest BCUT2D eigenvalue weighted by Crippen LogP contribution is -2.49. The number of ether oxygens (including phenoxy) is 2. The first-order valence-corrected chi connectivity index (χ1v) is 13.2. The molecule has 1 fully saturated rings. The number of nitrogens with zero attached hydrogens (tertiary/aromatic N) is 3. The molecular weight excluding hydrogens is 500 g/mol. The third-order valence-corrected chi connectivity index (χ3v) is 8.11. The third-order valence-electron chi connectivity index (χ3n) is 6.23. The van der Waals surface area contributed by atoms with E-state index in [2.05, 4.69) is 11.0 Å². The summed E-state index contributed by atoms with van der Waals surface area (Å²) in [6.07, 6.45) is -0.328. The minimum Gasteiger partial charge on any atom is -0.497 e. The fourth-order valence-corrected chi connectivity index (χ4v) is 5.65. The summed E-state index contributed by atoms with van der Waals surface area (Å²) >= 11 is 0. The molecule has 37 heavy (non-hydrogen) atoms. The number of sulfonamides is 1. The first-order valence-electron chi connectivity index (χ1n) is 11.7. The number of nitriles is 1. The summed E-state index contributed by atoms with van der Waals surface area (Å²) in [6, 6.07) is 19.2. The zero-order valence-corrected chi connectivity index (χ0v) is 21.1. The van der Waals surface area contributed by atoms with E-state index in [4.69, 9.17) is 14.7 Å². The molecule has 0 radical (unpaired) electrons. The quantitative estimate of drug-likeness (QED) is 0.417. The standard InChI is InChI=1S/C27H27F2N3O4S/c1-35-25-4-2-3-22(13-25)27(36-19-21-7-5-20(17-30)6-8-21)18-31-9-11-32(12-10-31)37(33,34)26-15-23(28)14-24(29)16-26/h2-8,13-16,27H,9-12,18-19H2,1H3/t27-/m0/s1. The van der Waals surface area contributed by atoms with Gasteiger partial charge in [-0.1, -0.05) is 24.3 Å². The van der Waals surface area contributed by atoms with Gasteiger partial charge < -0.3 is 9.47 Å². The zero-order chi connectivity index (χ0) is 26.4. The molecule has 3 aromatic rings. The number of benzene rings is 3. The Labute approximate surface area is 215 Å². The summed E-state index contributed by atoms with van der Waals surface area (Å²) in [5, 5.41) is 9.01. The van der Waals surface area contributed by atoms with Crippen LogP contribution in [0, 0.1) is 23.0 Å². The van der Waals surface area contributed by atoms with Crippen molar-refractivity contribution in [2.45, 2.75) is 17.6 Å². The Morgan fingerprint density at radius 3 is 2.27 bits per heavy atom. The Balaban J connectivity index is 1.44. The van der Waals surface area contributed by atoms with Gasteiger partial charge in [0.15, 0.2) is 0 Å². The largest absolute Gasteiger partial charge is 0.497 e. The molecule has 1 atom stereocenters. The highest BCUT2D eigenvalue weighted by atomic mass is 32.2. The van der Waals surface area contributed by atoms with Crippen molar-refractivity contribution in [3.8, 4) is 11.8 Å². The average Bonchev–Trinajstić information content (AvgIpc) is 2.91. The van der Waals surface area contributed by atoms with E-state index in [0.717, 1.165) is 23.3 Å². The summed E-state index contributed by atoms with van der Waals surface area (Å²) in [5.74, 6) is -1.17. The van der Waals surface area contributed by atoms with Gasteiger partial charge >= 0.3 is 0 Å². The number of piperazine rings is 1. The molecule has 0 bridgehead atoms. The highest BCUT2D eigenvalue weighted by Crippen LogP contribution is 2.26. The van der Waals surface area contributed by atoms with Crippen LogP contribution in [-0.2, 0) is 21.4 Å². The van der Waals surface area contributed by atoms with E-state index >= 15 is 0 Å². The second-order valence-corrected chi connectivity index (χ2v) is 10.6. The van der Waals surface area contributed by atoms with Crippen molar-refractivity contribution in [1.29, 1.82) is 5.26 Å². The van der Waals surface area contributed by atoms with Crippen LogP contribution in [0.15, 0.2) is 71.6 Å². The number of hydrogen-bond acceptors (Lipinski definition) is 6. The van der Waals surface area contributed by atoms with Crippen LogP contribution in [0.1, 0.15) is 22.8 Å². The van der Waals surface area contributed by atoms with Crippen LogP contribution in [0.25, 0.3) is 0 Å². The predicted octanol–water partition coefficient (Wildman–Crippen LogP) is 4.11. The molecule has 1 aliphatic rings. The van der Waals surface area contributed by atoms with Crippen molar-refractivity contribution in [3.63, 3.8) is 0 Å². The SMILES string of the molecule is COc1cccc([C@H](CN2CCN(S(=O)(=O)c3cc(F)cc(F)c3)CC2)OCc2ccc(C#N)cc2)c1. The smallest absolute Gasteiger partial charge is 0.243 e. The molecule has 0 N–H and O–H groups in total. The molecule has 1 saturated heterocycles. The molecule has 0 aromatic heterocycles. The number of halogens is 2. The molecule has 10 heteroatoms. The summed E-state index contributed by atoms with van der Waals surface area (Å²) in [5.41, 5.74) is 2.41. The van der Waals surface area contributed by atoms with Crippen LogP contribution < -0.4 is 4.74 Å². The topological polar surface area (TPSA) is 82.9 Å². The van der Waals surface area contributed by atoms with Crippen LogP contribution in [0.2, 0.25) is 0 Å². The first-order chi connectivity index (χ1) is 17.8. The maximum Gasteiger partial charge on any atom is 0.243 e. The van der Waals surface area contributed by atoms with E-state index in [-0.39, 0.29) is 19.2 Å². The minimum atomic E-state index is -4.02. The van der Waals surface area contributed by atoms with Crippen molar-refractivity contribution in [2.24, 2.45) is 0 Å². The van der Waals surface area contributed by atoms with E-state index in [1.165, 1.54) is 4.31 Å². The van der Waals surface area contributed by atoms with Gasteiger partial charge in [-0.3, -0.25) is 4.90 Å². The van der Waals surface area contributed by atoms with Gasteiger partial charge in [-0.05, 0) is 47.5 Å². The first kappa shape index (κ1) is 26.7. The molecule has 1 aliphatic heterocycles. The van der Waals surface area contributed by atoms with E-state index in [1.807, 2.05) is 36.4 Å². The van der Waals surface area contributed by atoms with Crippen LogP contribution in [-0.4, -0.2) is 57.5 Å². The number of hydrogen-bond donors (Lipinski definition) is 0. The summed E-state index contributed by atoms with van der Waals surface area (Å²) in [7, 11) is -2.42. The van der Waals surface area contributed by atoms with Gasteiger partial charge in [0, 0.05) is 38.8 Å². The molecule has 0 spiro atoms. The molecule has 0 aliphatic carbocycles. The second-order valence-electron chi connectivity index (χ2n) is 8.69. The van der Waals surface area contributed by atoms with E-state index in [9.17, 15) is 17.2 Å². The second kappa shape index (κ2) is 11.8. The lowest BCUT2D eigenvalue weighted by atomic mass is 10.1. The molecule has 4 rings (SSSR count). The van der Waals surface area contributed by atoms with Crippen LogP contribution in [0.4, 0.5) is 8.78 Å². The molecule has 7 nitrogen and oxygen atoms in total. The van der Waals surface area contributed by atoms with E-state index < -0.39 is 26.6 Å². The molecule has 0 saturated carbocycles. The fraction of sp³-hybridized carbons (Fsp3) is 0.296. The Hall–Kier alpha value is -3.36. The Morgan fingerprint density at radius 2 is 1.65 bits per heavy atom. The summed E-state index contributed by atoms with van der Waals surface area (Å²) in [4.78, 5) is 1.71. The molecular formula is C27H27F2N3O4S. The van der Waals surface area contributed by atoms with E-state index in [1.54, 1.807) is 19.2 Å². The monoisotopic (exact) mass is 527 g/mol. The van der Waals surface area contributed by atoms with Gasteiger partial charge in [-0.15, -0.1) is 0 Å². The Bertz CT molecular complexity index is 1350. The lowest BCUT2D eigenvalue weighted by Gasteiger charge is -2.36. The lowest BCUT2D eigenvalue weighted by molar-refractivity contribution is 0.00762. The number of methoxy groups -OCH3 is 1. The Kier molecular flexibility index (Phi) is 8.51. The highest BCUT2D eigenvalue weighted by molar-refractivity contribution is 7.89. The Morgan fingerprint density at radius 1 is 0.973 bits per heavy atom. The van der Waals surface area contributed by atoms with Gasteiger partial charge in [0.2, 0.25) is 10.0 Å².